The molecular weight excluding hydrogens is 280 g/mol. The summed E-state index contributed by atoms with van der Waals surface area (Å²) in [4.78, 5) is 35.7. The summed E-state index contributed by atoms with van der Waals surface area (Å²) in [7, 11) is 0. The largest absolute Gasteiger partial charge is 0.457 e. The van der Waals surface area contributed by atoms with Crippen LogP contribution in [-0.2, 0) is 19.1 Å². The van der Waals surface area contributed by atoms with Crippen molar-refractivity contribution in [1.29, 1.82) is 0 Å². The summed E-state index contributed by atoms with van der Waals surface area (Å²) in [5.41, 5.74) is 1.29. The van der Waals surface area contributed by atoms with Gasteiger partial charge in [-0.15, -0.1) is 0 Å². The van der Waals surface area contributed by atoms with Crippen LogP contribution in [0.5, 0.6) is 0 Å². The van der Waals surface area contributed by atoms with Crippen LogP contribution in [0, 0.1) is 5.41 Å². The van der Waals surface area contributed by atoms with Gasteiger partial charge in [0.05, 0.1) is 11.8 Å². The molecule has 4 nitrogen and oxygen atoms in total. The third kappa shape index (κ3) is 3.43. The first-order valence-electron chi connectivity index (χ1n) is 7.59. The van der Waals surface area contributed by atoms with E-state index < -0.39 is 17.5 Å². The molecule has 1 saturated heterocycles. The number of rotatable bonds is 4. The third-order valence-electron chi connectivity index (χ3n) is 4.19. The van der Waals surface area contributed by atoms with Gasteiger partial charge >= 0.3 is 5.97 Å². The molecular formula is C18H22O4. The number of carbonyl (C=O) groups is 3. The van der Waals surface area contributed by atoms with E-state index in [-0.39, 0.29) is 24.4 Å². The zero-order chi connectivity index (χ0) is 16.3. The lowest BCUT2D eigenvalue weighted by atomic mass is 9.70. The van der Waals surface area contributed by atoms with Crippen molar-refractivity contribution in [3.05, 3.63) is 35.5 Å². The first-order chi connectivity index (χ1) is 10.3. The van der Waals surface area contributed by atoms with Crippen molar-refractivity contribution >= 4 is 17.5 Å². The normalized spacial score (nSPS) is 28.2. The second-order valence-electron chi connectivity index (χ2n) is 6.42. The van der Waals surface area contributed by atoms with Gasteiger partial charge in [-0.1, -0.05) is 17.2 Å². The van der Waals surface area contributed by atoms with E-state index >= 15 is 0 Å². The minimum atomic E-state index is -1.03. The number of cyclic esters (lactones) is 1. The Labute approximate surface area is 130 Å². The molecule has 0 radical (unpaired) electrons. The molecule has 2 aliphatic rings. The lowest BCUT2D eigenvalue weighted by Gasteiger charge is -2.30. The SMILES string of the molecule is CC(C)=CCCC(C)=C[C@H]1OC(=O)C[C@]12CC(=O)C=CC2=O. The quantitative estimate of drug-likeness (QED) is 0.591. The monoisotopic (exact) mass is 302 g/mol. The van der Waals surface area contributed by atoms with Crippen LogP contribution in [0.3, 0.4) is 0 Å². The third-order valence-corrected chi connectivity index (χ3v) is 4.19. The van der Waals surface area contributed by atoms with Gasteiger partial charge in [-0.25, -0.2) is 0 Å². The van der Waals surface area contributed by atoms with Crippen LogP contribution >= 0.6 is 0 Å². The van der Waals surface area contributed by atoms with Crippen LogP contribution in [0.4, 0.5) is 0 Å². The van der Waals surface area contributed by atoms with Crippen molar-refractivity contribution in [2.24, 2.45) is 5.41 Å². The van der Waals surface area contributed by atoms with E-state index in [1.54, 1.807) is 0 Å². The molecule has 0 bridgehead atoms. The Bertz CT molecular complexity index is 590. The fourth-order valence-electron chi connectivity index (χ4n) is 2.96. The Hall–Kier alpha value is -1.97. The average molecular weight is 302 g/mol. The van der Waals surface area contributed by atoms with Gasteiger partial charge in [0.2, 0.25) is 0 Å². The van der Waals surface area contributed by atoms with Crippen molar-refractivity contribution in [2.45, 2.75) is 52.6 Å². The van der Waals surface area contributed by atoms with E-state index in [1.165, 1.54) is 17.7 Å². The topological polar surface area (TPSA) is 60.4 Å². The highest BCUT2D eigenvalue weighted by molar-refractivity contribution is 6.10. The first-order valence-corrected chi connectivity index (χ1v) is 7.59. The van der Waals surface area contributed by atoms with Gasteiger partial charge in [-0.3, -0.25) is 14.4 Å². The van der Waals surface area contributed by atoms with Crippen LogP contribution in [0.25, 0.3) is 0 Å². The molecule has 2 atom stereocenters. The standard InChI is InChI=1S/C18H22O4/c1-12(2)5-4-6-13(3)9-16-18(11-17(21)22-16)10-14(19)7-8-15(18)20/h5,7-9,16H,4,6,10-11H2,1-3H3/t16-,18+/m1/s1. The molecule has 1 heterocycles. The molecule has 0 saturated carbocycles. The maximum absolute atomic E-state index is 12.3. The van der Waals surface area contributed by atoms with E-state index in [9.17, 15) is 14.4 Å². The Morgan fingerprint density at radius 3 is 2.64 bits per heavy atom. The molecule has 2 rings (SSSR count). The Morgan fingerprint density at radius 1 is 1.23 bits per heavy atom. The highest BCUT2D eigenvalue weighted by Crippen LogP contribution is 2.43. The van der Waals surface area contributed by atoms with Crippen LogP contribution in [-0.4, -0.2) is 23.6 Å². The number of hydrogen-bond donors (Lipinski definition) is 0. The summed E-state index contributed by atoms with van der Waals surface area (Å²) < 4.78 is 5.33. The predicted molar refractivity (Wildman–Crippen MR) is 83.1 cm³/mol. The minimum absolute atomic E-state index is 0.00959. The van der Waals surface area contributed by atoms with Crippen molar-refractivity contribution < 1.29 is 19.1 Å². The van der Waals surface area contributed by atoms with Crippen molar-refractivity contribution in [3.8, 4) is 0 Å². The second kappa shape index (κ2) is 6.42. The summed E-state index contributed by atoms with van der Waals surface area (Å²) in [6, 6.07) is 0. The molecule has 1 spiro atoms. The number of ether oxygens (including phenoxy) is 1. The van der Waals surface area contributed by atoms with Crippen molar-refractivity contribution in [3.63, 3.8) is 0 Å². The van der Waals surface area contributed by atoms with E-state index in [1.807, 2.05) is 26.8 Å². The predicted octanol–water partition coefficient (Wildman–Crippen LogP) is 3.08. The molecule has 1 fully saturated rings. The van der Waals surface area contributed by atoms with Gasteiger partial charge in [-0.2, -0.15) is 0 Å². The van der Waals surface area contributed by atoms with Crippen LogP contribution < -0.4 is 0 Å². The lowest BCUT2D eigenvalue weighted by molar-refractivity contribution is -0.140. The summed E-state index contributed by atoms with van der Waals surface area (Å²) in [6.45, 7) is 6.06. The van der Waals surface area contributed by atoms with Gasteiger partial charge < -0.3 is 4.74 Å². The van der Waals surface area contributed by atoms with Gasteiger partial charge in [0, 0.05) is 6.42 Å². The van der Waals surface area contributed by atoms with Gasteiger partial charge in [0.1, 0.15) is 6.10 Å². The fraction of sp³-hybridized carbons (Fsp3) is 0.500. The molecule has 0 unspecified atom stereocenters. The summed E-state index contributed by atoms with van der Waals surface area (Å²) in [5.74, 6) is -0.718. The molecule has 0 aromatic carbocycles. The maximum atomic E-state index is 12.3. The zero-order valence-corrected chi connectivity index (χ0v) is 13.3. The maximum Gasteiger partial charge on any atom is 0.307 e. The Kier molecular flexibility index (Phi) is 4.79. The lowest BCUT2D eigenvalue weighted by Crippen LogP contribution is -2.41. The summed E-state index contributed by atoms with van der Waals surface area (Å²) in [5, 5.41) is 0. The van der Waals surface area contributed by atoms with E-state index in [0.29, 0.717) is 0 Å². The molecule has 0 aromatic heterocycles. The van der Waals surface area contributed by atoms with Crippen LogP contribution in [0.1, 0.15) is 46.5 Å². The van der Waals surface area contributed by atoms with Crippen molar-refractivity contribution in [1.82, 2.24) is 0 Å². The Balaban J connectivity index is 2.19. The fourth-order valence-corrected chi connectivity index (χ4v) is 2.96. The minimum Gasteiger partial charge on any atom is -0.457 e. The number of ketones is 2. The highest BCUT2D eigenvalue weighted by Gasteiger charge is 2.54. The highest BCUT2D eigenvalue weighted by atomic mass is 16.6. The van der Waals surface area contributed by atoms with E-state index in [2.05, 4.69) is 6.08 Å². The number of carbonyl (C=O) groups excluding carboxylic acids is 3. The molecule has 0 N–H and O–H groups in total. The first kappa shape index (κ1) is 16.4. The van der Waals surface area contributed by atoms with Crippen molar-refractivity contribution in [2.75, 3.05) is 0 Å². The van der Waals surface area contributed by atoms with Gasteiger partial charge in [-0.05, 0) is 51.8 Å². The molecule has 118 valence electrons. The zero-order valence-electron chi connectivity index (χ0n) is 13.3. The summed E-state index contributed by atoms with van der Waals surface area (Å²) in [6.07, 6.45) is 7.72. The van der Waals surface area contributed by atoms with E-state index in [4.69, 9.17) is 4.74 Å². The Morgan fingerprint density at radius 2 is 1.95 bits per heavy atom. The average Bonchev–Trinajstić information content (AvgIpc) is 2.70. The smallest absolute Gasteiger partial charge is 0.307 e. The molecule has 1 aliphatic heterocycles. The summed E-state index contributed by atoms with van der Waals surface area (Å²) >= 11 is 0. The molecule has 4 heteroatoms. The molecule has 22 heavy (non-hydrogen) atoms. The van der Waals surface area contributed by atoms with Crippen LogP contribution in [0.15, 0.2) is 35.5 Å². The van der Waals surface area contributed by atoms with Gasteiger partial charge in [0.25, 0.3) is 0 Å². The van der Waals surface area contributed by atoms with E-state index in [0.717, 1.165) is 18.4 Å². The van der Waals surface area contributed by atoms with Crippen LogP contribution in [0.2, 0.25) is 0 Å². The second-order valence-corrected chi connectivity index (χ2v) is 6.42. The molecule has 1 aliphatic carbocycles. The molecule has 0 aromatic rings. The number of esters is 1. The van der Waals surface area contributed by atoms with Gasteiger partial charge in [0.15, 0.2) is 11.6 Å². The number of hydrogen-bond acceptors (Lipinski definition) is 4. The molecule has 0 amide bonds. The number of allylic oxidation sites excluding steroid dienone is 5.